The number of aliphatic hydroxyl groups excluding tert-OH is 1. The third kappa shape index (κ3) is 5.65. The van der Waals surface area contributed by atoms with Crippen LogP contribution in [-0.2, 0) is 0 Å². The molecule has 7 heteroatoms. The SMILES string of the molecule is CNC(C)c1ccc(NC(=O)N(CCO)CC(F)F)cc1. The van der Waals surface area contributed by atoms with Gasteiger partial charge in [-0.05, 0) is 31.7 Å². The van der Waals surface area contributed by atoms with E-state index in [1.165, 1.54) is 0 Å². The average Bonchev–Trinajstić information content (AvgIpc) is 2.46. The van der Waals surface area contributed by atoms with E-state index in [9.17, 15) is 13.6 Å². The first-order valence-corrected chi connectivity index (χ1v) is 6.70. The van der Waals surface area contributed by atoms with Gasteiger partial charge in [0, 0.05) is 18.3 Å². The minimum atomic E-state index is -2.64. The number of anilines is 1. The Bertz CT molecular complexity index is 440. The van der Waals surface area contributed by atoms with Crippen LogP contribution >= 0.6 is 0 Å². The Labute approximate surface area is 122 Å². The quantitative estimate of drug-likeness (QED) is 0.722. The number of carbonyl (C=O) groups excluding carboxylic acids is 1. The van der Waals surface area contributed by atoms with Crippen LogP contribution < -0.4 is 10.6 Å². The maximum atomic E-state index is 12.4. The van der Waals surface area contributed by atoms with Crippen molar-refractivity contribution in [1.29, 1.82) is 0 Å². The fourth-order valence-corrected chi connectivity index (χ4v) is 1.79. The predicted octanol–water partition coefficient (Wildman–Crippen LogP) is 2.06. The van der Waals surface area contributed by atoms with E-state index in [1.807, 2.05) is 26.1 Å². The summed E-state index contributed by atoms with van der Waals surface area (Å²) in [6.45, 7) is 0.796. The van der Waals surface area contributed by atoms with Crippen molar-refractivity contribution in [3.63, 3.8) is 0 Å². The van der Waals surface area contributed by atoms with E-state index in [2.05, 4.69) is 10.6 Å². The van der Waals surface area contributed by atoms with Crippen LogP contribution in [0.25, 0.3) is 0 Å². The largest absolute Gasteiger partial charge is 0.395 e. The number of hydrogen-bond acceptors (Lipinski definition) is 3. The van der Waals surface area contributed by atoms with Crippen LogP contribution in [0, 0.1) is 0 Å². The maximum absolute atomic E-state index is 12.4. The van der Waals surface area contributed by atoms with E-state index >= 15 is 0 Å². The van der Waals surface area contributed by atoms with E-state index in [1.54, 1.807) is 12.1 Å². The standard InChI is InChI=1S/C14H21F2N3O2/c1-10(17-2)11-3-5-12(6-4-11)18-14(21)19(7-8-20)9-13(15)16/h3-6,10,13,17,20H,7-9H2,1-2H3,(H,18,21). The van der Waals surface area contributed by atoms with E-state index in [4.69, 9.17) is 5.11 Å². The van der Waals surface area contributed by atoms with Crippen molar-refractivity contribution in [3.8, 4) is 0 Å². The van der Waals surface area contributed by atoms with Crippen molar-refractivity contribution in [1.82, 2.24) is 10.2 Å². The Hall–Kier alpha value is -1.73. The molecule has 1 atom stereocenters. The first-order chi connectivity index (χ1) is 9.97. The van der Waals surface area contributed by atoms with Gasteiger partial charge in [0.25, 0.3) is 6.43 Å². The predicted molar refractivity (Wildman–Crippen MR) is 77.6 cm³/mol. The van der Waals surface area contributed by atoms with E-state index < -0.39 is 19.0 Å². The average molecular weight is 301 g/mol. The van der Waals surface area contributed by atoms with Gasteiger partial charge in [-0.1, -0.05) is 12.1 Å². The lowest BCUT2D eigenvalue weighted by Gasteiger charge is -2.22. The zero-order valence-electron chi connectivity index (χ0n) is 12.1. The molecule has 0 heterocycles. The van der Waals surface area contributed by atoms with Gasteiger partial charge in [-0.15, -0.1) is 0 Å². The Morgan fingerprint density at radius 1 is 1.33 bits per heavy atom. The van der Waals surface area contributed by atoms with Gasteiger partial charge in [0.2, 0.25) is 0 Å². The van der Waals surface area contributed by atoms with E-state index in [-0.39, 0.29) is 19.2 Å². The number of hydrogen-bond donors (Lipinski definition) is 3. The van der Waals surface area contributed by atoms with Gasteiger partial charge in [-0.3, -0.25) is 0 Å². The molecule has 0 spiro atoms. The topological polar surface area (TPSA) is 64.6 Å². The Morgan fingerprint density at radius 3 is 2.43 bits per heavy atom. The highest BCUT2D eigenvalue weighted by Gasteiger charge is 2.17. The lowest BCUT2D eigenvalue weighted by atomic mass is 10.1. The number of amides is 2. The molecular weight excluding hydrogens is 280 g/mol. The van der Waals surface area contributed by atoms with Gasteiger partial charge in [0.05, 0.1) is 13.2 Å². The summed E-state index contributed by atoms with van der Waals surface area (Å²) in [5.41, 5.74) is 1.57. The van der Waals surface area contributed by atoms with Crippen LogP contribution in [-0.4, -0.2) is 49.2 Å². The normalized spacial score (nSPS) is 12.3. The summed E-state index contributed by atoms with van der Waals surface area (Å²) >= 11 is 0. The molecule has 0 aromatic heterocycles. The lowest BCUT2D eigenvalue weighted by molar-refractivity contribution is 0.0943. The summed E-state index contributed by atoms with van der Waals surface area (Å²) in [5.74, 6) is 0. The molecule has 0 bridgehead atoms. The highest BCUT2D eigenvalue weighted by Crippen LogP contribution is 2.16. The number of alkyl halides is 2. The molecule has 1 unspecified atom stereocenters. The van der Waals surface area contributed by atoms with Crippen LogP contribution in [0.15, 0.2) is 24.3 Å². The molecule has 21 heavy (non-hydrogen) atoms. The van der Waals surface area contributed by atoms with Crippen LogP contribution in [0.5, 0.6) is 0 Å². The maximum Gasteiger partial charge on any atom is 0.322 e. The minimum Gasteiger partial charge on any atom is -0.395 e. The Balaban J connectivity index is 2.67. The number of halogens is 2. The lowest BCUT2D eigenvalue weighted by Crippen LogP contribution is -2.40. The molecule has 118 valence electrons. The van der Waals surface area contributed by atoms with Crippen LogP contribution in [0.2, 0.25) is 0 Å². The number of carbonyl (C=O) groups is 1. The molecule has 3 N–H and O–H groups in total. The zero-order chi connectivity index (χ0) is 15.8. The first-order valence-electron chi connectivity index (χ1n) is 6.70. The molecule has 0 saturated carbocycles. The van der Waals surface area contributed by atoms with Crippen LogP contribution in [0.4, 0.5) is 19.3 Å². The molecule has 1 aromatic carbocycles. The molecule has 1 aromatic rings. The zero-order valence-corrected chi connectivity index (χ0v) is 12.1. The minimum absolute atomic E-state index is 0.134. The molecule has 1 rings (SSSR count). The van der Waals surface area contributed by atoms with Crippen molar-refractivity contribution < 1.29 is 18.7 Å². The van der Waals surface area contributed by atoms with Crippen molar-refractivity contribution in [2.24, 2.45) is 0 Å². The van der Waals surface area contributed by atoms with E-state index in [0.29, 0.717) is 5.69 Å². The van der Waals surface area contributed by atoms with Crippen LogP contribution in [0.1, 0.15) is 18.5 Å². The summed E-state index contributed by atoms with van der Waals surface area (Å²) in [6.07, 6.45) is -2.64. The van der Waals surface area contributed by atoms with Crippen molar-refractivity contribution in [2.75, 3.05) is 32.1 Å². The molecule has 0 fully saturated rings. The van der Waals surface area contributed by atoms with Gasteiger partial charge >= 0.3 is 6.03 Å². The van der Waals surface area contributed by atoms with Crippen molar-refractivity contribution >= 4 is 11.7 Å². The van der Waals surface area contributed by atoms with Crippen molar-refractivity contribution in [3.05, 3.63) is 29.8 Å². The van der Waals surface area contributed by atoms with Gasteiger partial charge in [0.15, 0.2) is 0 Å². The molecule has 0 aliphatic carbocycles. The summed E-state index contributed by atoms with van der Waals surface area (Å²) < 4.78 is 24.8. The molecule has 0 aliphatic heterocycles. The highest BCUT2D eigenvalue weighted by molar-refractivity contribution is 5.89. The molecule has 0 radical (unpaired) electrons. The van der Waals surface area contributed by atoms with Gasteiger partial charge in [0.1, 0.15) is 0 Å². The number of nitrogens with one attached hydrogen (secondary N) is 2. The highest BCUT2D eigenvalue weighted by atomic mass is 19.3. The third-order valence-corrected chi connectivity index (χ3v) is 3.11. The Morgan fingerprint density at radius 2 is 1.95 bits per heavy atom. The number of rotatable bonds is 7. The first kappa shape index (κ1) is 17.3. The fourth-order valence-electron chi connectivity index (χ4n) is 1.79. The fraction of sp³-hybridized carbons (Fsp3) is 0.500. The summed E-state index contributed by atoms with van der Waals surface area (Å²) in [7, 11) is 1.84. The van der Waals surface area contributed by atoms with E-state index in [0.717, 1.165) is 10.5 Å². The molecule has 5 nitrogen and oxygen atoms in total. The summed E-state index contributed by atoms with van der Waals surface area (Å²) in [6, 6.07) is 6.64. The van der Waals surface area contributed by atoms with Crippen molar-refractivity contribution in [2.45, 2.75) is 19.4 Å². The summed E-state index contributed by atoms with van der Waals surface area (Å²) in [5, 5.41) is 14.4. The molecule has 0 aliphatic rings. The van der Waals surface area contributed by atoms with Crippen LogP contribution in [0.3, 0.4) is 0 Å². The molecule has 0 saturated heterocycles. The second kappa shape index (κ2) is 8.53. The number of aliphatic hydroxyl groups is 1. The smallest absolute Gasteiger partial charge is 0.322 e. The molecular formula is C14H21F2N3O2. The monoisotopic (exact) mass is 301 g/mol. The van der Waals surface area contributed by atoms with Gasteiger partial charge in [-0.2, -0.15) is 0 Å². The second-order valence-corrected chi connectivity index (χ2v) is 4.62. The third-order valence-electron chi connectivity index (χ3n) is 3.11. The molecule has 2 amide bonds. The Kier molecular flexibility index (Phi) is 7.04. The second-order valence-electron chi connectivity index (χ2n) is 4.62. The summed E-state index contributed by atoms with van der Waals surface area (Å²) in [4.78, 5) is 12.8. The van der Waals surface area contributed by atoms with Gasteiger partial charge < -0.3 is 20.6 Å². The number of urea groups is 1. The number of nitrogens with zero attached hydrogens (tertiary/aromatic N) is 1. The number of benzene rings is 1. The van der Waals surface area contributed by atoms with Gasteiger partial charge in [-0.25, -0.2) is 13.6 Å².